The van der Waals surface area contributed by atoms with Crippen molar-refractivity contribution in [1.82, 2.24) is 15.1 Å². The van der Waals surface area contributed by atoms with Crippen molar-refractivity contribution in [1.29, 1.82) is 0 Å². The van der Waals surface area contributed by atoms with Gasteiger partial charge < -0.3 is 5.32 Å². The minimum atomic E-state index is -0.673. The first-order valence-electron chi connectivity index (χ1n) is 6.63. The third-order valence-corrected chi connectivity index (χ3v) is 3.79. The number of carbonyl (C=O) groups is 1. The van der Waals surface area contributed by atoms with Crippen molar-refractivity contribution < 1.29 is 9.18 Å². The van der Waals surface area contributed by atoms with Gasteiger partial charge in [-0.1, -0.05) is 18.2 Å². The molecule has 3 rings (SSSR count). The van der Waals surface area contributed by atoms with Gasteiger partial charge >= 0.3 is 0 Å². The molecule has 0 spiro atoms. The number of carbonyl (C=O) groups excluding carboxylic acids is 1. The van der Waals surface area contributed by atoms with Crippen LogP contribution in [0.1, 0.15) is 24.0 Å². The molecule has 0 bridgehead atoms. The third-order valence-electron chi connectivity index (χ3n) is 3.79. The third kappa shape index (κ3) is 2.19. The summed E-state index contributed by atoms with van der Waals surface area (Å²) < 4.78 is 15.5. The lowest BCUT2D eigenvalue weighted by molar-refractivity contribution is -0.123. The number of aromatic nitrogens is 2. The molecule has 0 unspecified atom stereocenters. The lowest BCUT2D eigenvalue weighted by atomic mass is 9.94. The van der Waals surface area contributed by atoms with E-state index in [2.05, 4.69) is 10.4 Å². The summed E-state index contributed by atoms with van der Waals surface area (Å²) in [6.07, 6.45) is 4.96. The Kier molecular flexibility index (Phi) is 3.04. The van der Waals surface area contributed by atoms with Crippen LogP contribution in [0, 0.1) is 5.82 Å². The van der Waals surface area contributed by atoms with Gasteiger partial charge in [-0.15, -0.1) is 0 Å². The Morgan fingerprint density at radius 1 is 1.45 bits per heavy atom. The van der Waals surface area contributed by atoms with Crippen LogP contribution < -0.4 is 5.32 Å². The quantitative estimate of drug-likeness (QED) is 0.925. The molecule has 2 aromatic rings. The van der Waals surface area contributed by atoms with E-state index in [1.807, 2.05) is 13.2 Å². The fraction of sp³-hybridized carbons (Fsp3) is 0.333. The number of aryl methyl sites for hydroxylation is 1. The van der Waals surface area contributed by atoms with E-state index in [-0.39, 0.29) is 11.7 Å². The summed E-state index contributed by atoms with van der Waals surface area (Å²) in [5.41, 5.74) is 0.766. The second-order valence-corrected chi connectivity index (χ2v) is 5.27. The van der Waals surface area contributed by atoms with Crippen molar-refractivity contribution in [2.45, 2.75) is 24.8 Å². The Hall–Kier alpha value is -2.17. The first kappa shape index (κ1) is 12.8. The van der Waals surface area contributed by atoms with E-state index in [0.29, 0.717) is 24.9 Å². The molecular weight excluding hydrogens is 257 g/mol. The van der Waals surface area contributed by atoms with E-state index in [1.54, 1.807) is 29.1 Å². The predicted molar refractivity (Wildman–Crippen MR) is 72.4 cm³/mol. The molecule has 104 valence electrons. The summed E-state index contributed by atoms with van der Waals surface area (Å²) in [5.74, 6) is -0.409. The average Bonchev–Trinajstić information content (AvgIpc) is 3.14. The van der Waals surface area contributed by atoms with Crippen molar-refractivity contribution in [3.63, 3.8) is 0 Å². The molecule has 5 heteroatoms. The fourth-order valence-electron chi connectivity index (χ4n) is 2.51. The van der Waals surface area contributed by atoms with Gasteiger partial charge in [-0.2, -0.15) is 5.10 Å². The molecule has 1 amide bonds. The first-order valence-corrected chi connectivity index (χ1v) is 6.63. The molecule has 1 heterocycles. The van der Waals surface area contributed by atoms with Crippen LogP contribution in [0.2, 0.25) is 0 Å². The highest BCUT2D eigenvalue weighted by Crippen LogP contribution is 2.49. The van der Waals surface area contributed by atoms with Crippen molar-refractivity contribution in [3.8, 4) is 0 Å². The van der Waals surface area contributed by atoms with Gasteiger partial charge in [0.05, 0.1) is 11.6 Å². The van der Waals surface area contributed by atoms with Gasteiger partial charge in [-0.3, -0.25) is 9.48 Å². The zero-order chi connectivity index (χ0) is 14.2. The molecule has 1 aliphatic rings. The molecule has 0 atom stereocenters. The van der Waals surface area contributed by atoms with Gasteiger partial charge in [0.25, 0.3) is 0 Å². The lowest BCUT2D eigenvalue weighted by Gasteiger charge is -2.16. The van der Waals surface area contributed by atoms with Crippen molar-refractivity contribution in [2.75, 3.05) is 0 Å². The molecule has 1 aromatic carbocycles. The van der Waals surface area contributed by atoms with Crippen LogP contribution in [0.3, 0.4) is 0 Å². The summed E-state index contributed by atoms with van der Waals surface area (Å²) in [5, 5.41) is 6.93. The molecule has 20 heavy (non-hydrogen) atoms. The number of halogens is 1. The Morgan fingerprint density at radius 3 is 2.80 bits per heavy atom. The van der Waals surface area contributed by atoms with Crippen LogP contribution in [0.4, 0.5) is 4.39 Å². The zero-order valence-electron chi connectivity index (χ0n) is 11.3. The summed E-state index contributed by atoms with van der Waals surface area (Å²) in [7, 11) is 1.83. The SMILES string of the molecule is Cn1cc(CNC(=O)C2(c3ccccc3F)CC2)cn1. The zero-order valence-corrected chi connectivity index (χ0v) is 11.3. The number of nitrogens with one attached hydrogen (secondary N) is 1. The van der Waals surface area contributed by atoms with Gasteiger partial charge in [0.15, 0.2) is 0 Å². The van der Waals surface area contributed by atoms with E-state index >= 15 is 0 Å². The average molecular weight is 273 g/mol. The van der Waals surface area contributed by atoms with E-state index in [9.17, 15) is 9.18 Å². The topological polar surface area (TPSA) is 46.9 Å². The van der Waals surface area contributed by atoms with Crippen LogP contribution in [-0.2, 0) is 23.8 Å². The molecule has 1 aromatic heterocycles. The van der Waals surface area contributed by atoms with Gasteiger partial charge in [0.1, 0.15) is 5.82 Å². The normalized spacial score (nSPS) is 15.9. The molecular formula is C15H16FN3O. The number of amides is 1. The van der Waals surface area contributed by atoms with Gasteiger partial charge in [-0.05, 0) is 18.9 Å². The summed E-state index contributed by atoms with van der Waals surface area (Å²) >= 11 is 0. The van der Waals surface area contributed by atoms with Crippen LogP contribution in [0.5, 0.6) is 0 Å². The Morgan fingerprint density at radius 2 is 2.20 bits per heavy atom. The van der Waals surface area contributed by atoms with Gasteiger partial charge in [0, 0.05) is 30.9 Å². The maximum absolute atomic E-state index is 13.9. The molecule has 1 aliphatic carbocycles. The van der Waals surface area contributed by atoms with E-state index in [1.165, 1.54) is 6.07 Å². The number of hydrogen-bond acceptors (Lipinski definition) is 2. The van der Waals surface area contributed by atoms with E-state index in [4.69, 9.17) is 0 Å². The minimum Gasteiger partial charge on any atom is -0.351 e. The number of rotatable bonds is 4. The monoisotopic (exact) mass is 273 g/mol. The highest BCUT2D eigenvalue weighted by atomic mass is 19.1. The van der Waals surface area contributed by atoms with Crippen molar-refractivity contribution in [2.24, 2.45) is 7.05 Å². The summed E-state index contributed by atoms with van der Waals surface area (Å²) in [6.45, 7) is 0.420. The van der Waals surface area contributed by atoms with Gasteiger partial charge in [-0.25, -0.2) is 4.39 Å². The minimum absolute atomic E-state index is 0.105. The number of benzene rings is 1. The fourth-order valence-corrected chi connectivity index (χ4v) is 2.51. The van der Waals surface area contributed by atoms with Crippen LogP contribution in [0.25, 0.3) is 0 Å². The molecule has 0 radical (unpaired) electrons. The Bertz CT molecular complexity index is 646. The van der Waals surface area contributed by atoms with Crippen molar-refractivity contribution >= 4 is 5.91 Å². The first-order chi connectivity index (χ1) is 9.62. The molecule has 1 saturated carbocycles. The maximum Gasteiger partial charge on any atom is 0.231 e. The number of hydrogen-bond donors (Lipinski definition) is 1. The Labute approximate surface area is 116 Å². The number of nitrogens with zero attached hydrogens (tertiary/aromatic N) is 2. The standard InChI is InChI=1S/C15H16FN3O/c1-19-10-11(9-18-19)8-17-14(20)15(6-7-15)12-4-2-3-5-13(12)16/h2-5,9-10H,6-8H2,1H3,(H,17,20). The summed E-state index contributed by atoms with van der Waals surface area (Å²) in [6, 6.07) is 6.52. The summed E-state index contributed by atoms with van der Waals surface area (Å²) in [4.78, 5) is 12.4. The highest BCUT2D eigenvalue weighted by Gasteiger charge is 2.52. The lowest BCUT2D eigenvalue weighted by Crippen LogP contribution is -2.34. The van der Waals surface area contributed by atoms with Gasteiger partial charge in [0.2, 0.25) is 5.91 Å². The Balaban J connectivity index is 1.72. The van der Waals surface area contributed by atoms with E-state index < -0.39 is 5.41 Å². The largest absolute Gasteiger partial charge is 0.351 e. The maximum atomic E-state index is 13.9. The molecule has 1 N–H and O–H groups in total. The molecule has 1 fully saturated rings. The highest BCUT2D eigenvalue weighted by molar-refractivity contribution is 5.91. The predicted octanol–water partition coefficient (Wildman–Crippen LogP) is 1.91. The molecule has 0 aliphatic heterocycles. The smallest absolute Gasteiger partial charge is 0.231 e. The molecule has 4 nitrogen and oxygen atoms in total. The molecule has 0 saturated heterocycles. The second kappa shape index (κ2) is 4.74. The second-order valence-electron chi connectivity index (χ2n) is 5.27. The van der Waals surface area contributed by atoms with E-state index in [0.717, 1.165) is 5.56 Å². The van der Waals surface area contributed by atoms with Crippen molar-refractivity contribution in [3.05, 3.63) is 53.6 Å². The van der Waals surface area contributed by atoms with Crippen LogP contribution in [-0.4, -0.2) is 15.7 Å². The van der Waals surface area contributed by atoms with Crippen LogP contribution in [0.15, 0.2) is 36.7 Å². The van der Waals surface area contributed by atoms with Crippen LogP contribution >= 0.6 is 0 Å².